The quantitative estimate of drug-likeness (QED) is 0.190. The highest BCUT2D eigenvalue weighted by Crippen LogP contribution is 2.37. The summed E-state index contributed by atoms with van der Waals surface area (Å²) in [6.45, 7) is 0.516. The Bertz CT molecular complexity index is 1070. The number of halogens is 2. The van der Waals surface area contributed by atoms with Gasteiger partial charge in [0.15, 0.2) is 0 Å². The van der Waals surface area contributed by atoms with Crippen LogP contribution in [0.2, 0.25) is 10.0 Å². The Morgan fingerprint density at radius 2 is 1.89 bits per heavy atom. The van der Waals surface area contributed by atoms with E-state index in [4.69, 9.17) is 27.9 Å². The molecule has 2 aromatic carbocycles. The van der Waals surface area contributed by atoms with Gasteiger partial charge in [0.05, 0.1) is 17.0 Å². The summed E-state index contributed by atoms with van der Waals surface area (Å²) in [5.74, 6) is 1.38. The third-order valence-electron chi connectivity index (χ3n) is 3.89. The summed E-state index contributed by atoms with van der Waals surface area (Å²) in [4.78, 5) is 9.91. The molecule has 0 unspecified atom stereocenters. The number of thiophene rings is 1. The minimum absolute atomic E-state index is 0.515. The number of ether oxygens (including phenoxy) is 1. The van der Waals surface area contributed by atoms with Gasteiger partial charge in [-0.15, -0.1) is 23.1 Å². The molecule has 4 rings (SSSR count). The van der Waals surface area contributed by atoms with Gasteiger partial charge in [-0.2, -0.15) is 0 Å². The number of rotatable bonds is 6. The van der Waals surface area contributed by atoms with Crippen molar-refractivity contribution in [1.29, 1.82) is 0 Å². The molecule has 0 spiro atoms. The highest BCUT2D eigenvalue weighted by molar-refractivity contribution is 7.99. The van der Waals surface area contributed by atoms with Crippen LogP contribution < -0.4 is 4.74 Å². The Balaban J connectivity index is 1.50. The maximum absolute atomic E-state index is 6.14. The normalized spacial score (nSPS) is 11.0. The van der Waals surface area contributed by atoms with E-state index in [1.807, 2.05) is 18.2 Å². The molecule has 3 nitrogen and oxygen atoms in total. The molecule has 0 N–H and O–H groups in total. The molecular weight excluding hydrogens is 419 g/mol. The van der Waals surface area contributed by atoms with Gasteiger partial charge in [-0.05, 0) is 23.8 Å². The summed E-state index contributed by atoms with van der Waals surface area (Å²) in [5, 5.41) is 5.31. The van der Waals surface area contributed by atoms with Gasteiger partial charge < -0.3 is 4.74 Å². The van der Waals surface area contributed by atoms with Crippen molar-refractivity contribution < 1.29 is 4.74 Å². The minimum atomic E-state index is 0.515. The first-order valence-electron chi connectivity index (χ1n) is 8.20. The zero-order valence-electron chi connectivity index (χ0n) is 14.1. The number of hydrogen-bond donors (Lipinski definition) is 0. The zero-order valence-corrected chi connectivity index (χ0v) is 17.2. The van der Waals surface area contributed by atoms with Crippen LogP contribution >= 0.6 is 46.3 Å². The molecule has 7 heteroatoms. The largest absolute Gasteiger partial charge is 0.491 e. The molecule has 0 aliphatic rings. The lowest BCUT2D eigenvalue weighted by molar-refractivity contribution is 0.344. The van der Waals surface area contributed by atoms with E-state index < -0.39 is 0 Å². The molecule has 27 heavy (non-hydrogen) atoms. The zero-order chi connectivity index (χ0) is 18.6. The number of nitrogens with zero attached hydrogens (tertiary/aromatic N) is 2. The third kappa shape index (κ3) is 4.22. The Hall–Kier alpha value is -1.79. The second-order valence-corrected chi connectivity index (χ2v) is 8.43. The number of fused-ring (bicyclic) bond motifs is 1. The lowest BCUT2D eigenvalue weighted by atomic mass is 10.1. The predicted molar refractivity (Wildman–Crippen MR) is 116 cm³/mol. The Labute approximate surface area is 175 Å². The van der Waals surface area contributed by atoms with Gasteiger partial charge in [0, 0.05) is 21.7 Å². The molecule has 0 atom stereocenters. The number of thioether (sulfide) groups is 1. The van der Waals surface area contributed by atoms with Gasteiger partial charge in [0.2, 0.25) is 0 Å². The average Bonchev–Trinajstić information content (AvgIpc) is 3.12. The molecule has 2 heterocycles. The smallest absolute Gasteiger partial charge is 0.138 e. The van der Waals surface area contributed by atoms with E-state index in [0.717, 1.165) is 21.0 Å². The molecule has 0 aliphatic carbocycles. The Morgan fingerprint density at radius 3 is 2.70 bits per heavy atom. The molecule has 2 aromatic heterocycles. The van der Waals surface area contributed by atoms with Gasteiger partial charge >= 0.3 is 0 Å². The van der Waals surface area contributed by atoms with E-state index in [-0.39, 0.29) is 0 Å². The molecule has 0 amide bonds. The van der Waals surface area contributed by atoms with Crippen molar-refractivity contribution in [3.63, 3.8) is 0 Å². The topological polar surface area (TPSA) is 35.0 Å². The SMILES string of the molecule is Clc1ccc(OCCSc2ncnc3scc(-c4ccccc4)c23)c(Cl)c1. The average molecular weight is 433 g/mol. The highest BCUT2D eigenvalue weighted by atomic mass is 35.5. The van der Waals surface area contributed by atoms with Crippen LogP contribution in [0, 0.1) is 0 Å². The van der Waals surface area contributed by atoms with E-state index in [1.54, 1.807) is 47.6 Å². The minimum Gasteiger partial charge on any atom is -0.491 e. The van der Waals surface area contributed by atoms with Gasteiger partial charge in [-0.25, -0.2) is 9.97 Å². The van der Waals surface area contributed by atoms with Crippen LogP contribution in [0.4, 0.5) is 0 Å². The van der Waals surface area contributed by atoms with E-state index in [1.165, 1.54) is 11.1 Å². The van der Waals surface area contributed by atoms with Crippen LogP contribution in [0.1, 0.15) is 0 Å². The fraction of sp³-hybridized carbons (Fsp3) is 0.100. The van der Waals surface area contributed by atoms with Gasteiger partial charge in [-0.3, -0.25) is 0 Å². The Kier molecular flexibility index (Phi) is 5.83. The maximum atomic E-state index is 6.14. The first-order valence-corrected chi connectivity index (χ1v) is 10.8. The molecule has 0 saturated carbocycles. The first kappa shape index (κ1) is 18.6. The monoisotopic (exact) mass is 432 g/mol. The molecule has 0 aliphatic heterocycles. The molecule has 0 saturated heterocycles. The van der Waals surface area contributed by atoms with E-state index in [0.29, 0.717) is 22.4 Å². The second-order valence-electron chi connectivity index (χ2n) is 5.65. The first-order chi connectivity index (χ1) is 13.2. The number of benzene rings is 2. The molecule has 4 aromatic rings. The highest BCUT2D eigenvalue weighted by Gasteiger charge is 2.13. The Morgan fingerprint density at radius 1 is 1.04 bits per heavy atom. The van der Waals surface area contributed by atoms with Gasteiger partial charge in [-0.1, -0.05) is 53.5 Å². The van der Waals surface area contributed by atoms with Crippen LogP contribution in [0.3, 0.4) is 0 Å². The molecule has 0 fully saturated rings. The summed E-state index contributed by atoms with van der Waals surface area (Å²) >= 11 is 15.3. The van der Waals surface area contributed by atoms with E-state index in [9.17, 15) is 0 Å². The van der Waals surface area contributed by atoms with Crippen molar-refractivity contribution in [2.24, 2.45) is 0 Å². The number of hydrogen-bond acceptors (Lipinski definition) is 5. The van der Waals surface area contributed by atoms with E-state index in [2.05, 4.69) is 27.5 Å². The summed E-state index contributed by atoms with van der Waals surface area (Å²) in [6, 6.07) is 15.5. The van der Waals surface area contributed by atoms with Crippen molar-refractivity contribution in [1.82, 2.24) is 9.97 Å². The molecule has 0 radical (unpaired) electrons. The lowest BCUT2D eigenvalue weighted by Gasteiger charge is -2.09. The van der Waals surface area contributed by atoms with Crippen LogP contribution in [0.15, 0.2) is 65.3 Å². The van der Waals surface area contributed by atoms with E-state index >= 15 is 0 Å². The van der Waals surface area contributed by atoms with Crippen molar-refractivity contribution >= 4 is 56.5 Å². The molecule has 136 valence electrons. The van der Waals surface area contributed by atoms with Gasteiger partial charge in [0.25, 0.3) is 0 Å². The molecule has 0 bridgehead atoms. The second kappa shape index (κ2) is 8.48. The van der Waals surface area contributed by atoms with Gasteiger partial charge in [0.1, 0.15) is 21.9 Å². The van der Waals surface area contributed by atoms with Crippen LogP contribution in [0.25, 0.3) is 21.3 Å². The third-order valence-corrected chi connectivity index (χ3v) is 6.26. The summed E-state index contributed by atoms with van der Waals surface area (Å²) < 4.78 is 5.77. The van der Waals surface area contributed by atoms with Crippen molar-refractivity contribution in [2.45, 2.75) is 5.03 Å². The lowest BCUT2D eigenvalue weighted by Crippen LogP contribution is -2.01. The predicted octanol–water partition coefficient (Wildman–Crippen LogP) is 6.84. The summed E-state index contributed by atoms with van der Waals surface area (Å²) in [5.41, 5.74) is 2.34. The fourth-order valence-electron chi connectivity index (χ4n) is 2.67. The fourth-order valence-corrected chi connectivity index (χ4v) is 4.95. The number of aromatic nitrogens is 2. The van der Waals surface area contributed by atoms with Crippen LogP contribution in [0.5, 0.6) is 5.75 Å². The van der Waals surface area contributed by atoms with Crippen molar-refractivity contribution in [2.75, 3.05) is 12.4 Å². The standard InChI is InChI=1S/C20H14Cl2N2OS2/c21-14-6-7-17(16(22)10-14)25-8-9-26-19-18-15(13-4-2-1-3-5-13)11-27-20(18)24-12-23-19/h1-7,10-12H,8-9H2. The van der Waals surface area contributed by atoms with Crippen LogP contribution in [-0.2, 0) is 0 Å². The van der Waals surface area contributed by atoms with Crippen molar-refractivity contribution in [3.05, 3.63) is 70.3 Å². The molecular formula is C20H14Cl2N2OS2. The summed E-state index contributed by atoms with van der Waals surface area (Å²) in [6.07, 6.45) is 1.62. The van der Waals surface area contributed by atoms with Crippen molar-refractivity contribution in [3.8, 4) is 16.9 Å². The summed E-state index contributed by atoms with van der Waals surface area (Å²) in [7, 11) is 0. The van der Waals surface area contributed by atoms with Crippen LogP contribution in [-0.4, -0.2) is 22.3 Å². The maximum Gasteiger partial charge on any atom is 0.138 e.